The Kier molecular flexibility index (Phi) is 11.0. The van der Waals surface area contributed by atoms with E-state index in [1.165, 1.54) is 6.92 Å². The van der Waals surface area contributed by atoms with Gasteiger partial charge in [0.05, 0.1) is 30.3 Å². The molecule has 4 heterocycles. The molecule has 0 saturated carbocycles. The number of morpholine rings is 1. The second-order valence-electron chi connectivity index (χ2n) is 11.6. The Hall–Kier alpha value is -4.36. The number of nitrogens with one attached hydrogen (secondary N) is 4. The third-order valence-electron chi connectivity index (χ3n) is 7.43. The van der Waals surface area contributed by atoms with Gasteiger partial charge in [0, 0.05) is 65.8 Å². The van der Waals surface area contributed by atoms with E-state index >= 15 is 0 Å². The number of hydrogen-bond acceptors (Lipinski definition) is 6. The summed E-state index contributed by atoms with van der Waals surface area (Å²) in [5.74, 6) is -0.760. The van der Waals surface area contributed by atoms with E-state index in [9.17, 15) is 19.2 Å². The third kappa shape index (κ3) is 8.83. The number of hydrogen-bond donors (Lipinski definition) is 4. The summed E-state index contributed by atoms with van der Waals surface area (Å²) < 4.78 is 10.5. The number of carbonyl (C=O) groups is 4. The Balaban J connectivity index is 1.40. The van der Waals surface area contributed by atoms with Crippen LogP contribution in [0.3, 0.4) is 0 Å². The fraction of sp³-hybridized carbons (Fsp3) is 0.484. The summed E-state index contributed by atoms with van der Waals surface area (Å²) in [6.07, 6.45) is 6.77. The second kappa shape index (κ2) is 14.9. The maximum absolute atomic E-state index is 13.4. The van der Waals surface area contributed by atoms with E-state index in [0.717, 1.165) is 45.7 Å². The van der Waals surface area contributed by atoms with Crippen LogP contribution in [0.15, 0.2) is 36.8 Å². The van der Waals surface area contributed by atoms with Crippen LogP contribution in [0.25, 0.3) is 0 Å². The maximum atomic E-state index is 13.4. The van der Waals surface area contributed by atoms with Crippen molar-refractivity contribution < 1.29 is 23.9 Å². The molecule has 4 rings (SSSR count). The zero-order valence-corrected chi connectivity index (χ0v) is 26.2. The first-order valence-corrected chi connectivity index (χ1v) is 15.0. The molecule has 0 aliphatic carbocycles. The van der Waals surface area contributed by atoms with Crippen LogP contribution in [0, 0.1) is 5.92 Å². The van der Waals surface area contributed by atoms with Gasteiger partial charge >= 0.3 is 0 Å². The number of aromatic nitrogens is 3. The minimum atomic E-state index is -0.374. The van der Waals surface area contributed by atoms with Crippen LogP contribution in [0.5, 0.6) is 0 Å². The van der Waals surface area contributed by atoms with E-state index in [2.05, 4.69) is 40.0 Å². The van der Waals surface area contributed by atoms with Crippen molar-refractivity contribution in [2.45, 2.75) is 40.2 Å². The van der Waals surface area contributed by atoms with Crippen molar-refractivity contribution in [1.82, 2.24) is 23.9 Å². The summed E-state index contributed by atoms with van der Waals surface area (Å²) in [7, 11) is 3.48. The monoisotopic (exact) mass is 608 g/mol. The van der Waals surface area contributed by atoms with Gasteiger partial charge in [-0.05, 0) is 43.5 Å². The molecule has 4 N–H and O–H groups in total. The smallest absolute Gasteiger partial charge is 0.272 e. The Bertz CT molecular complexity index is 1480. The van der Waals surface area contributed by atoms with Gasteiger partial charge in [-0.2, -0.15) is 0 Å². The number of aryl methyl sites for hydroxylation is 3. The summed E-state index contributed by atoms with van der Waals surface area (Å²) in [6.45, 7) is 11.0. The lowest BCUT2D eigenvalue weighted by Gasteiger charge is -2.26. The fourth-order valence-electron chi connectivity index (χ4n) is 5.08. The van der Waals surface area contributed by atoms with Gasteiger partial charge in [0.15, 0.2) is 0 Å². The lowest BCUT2D eigenvalue weighted by Crippen LogP contribution is -2.38. The van der Waals surface area contributed by atoms with Crippen LogP contribution >= 0.6 is 0 Å². The fourth-order valence-corrected chi connectivity index (χ4v) is 5.08. The third-order valence-corrected chi connectivity index (χ3v) is 7.43. The van der Waals surface area contributed by atoms with E-state index in [-0.39, 0.29) is 23.6 Å². The van der Waals surface area contributed by atoms with Gasteiger partial charge in [-0.25, -0.2) is 0 Å². The first kappa shape index (κ1) is 32.6. The second-order valence-corrected chi connectivity index (χ2v) is 11.6. The van der Waals surface area contributed by atoms with Gasteiger partial charge in [0.2, 0.25) is 5.91 Å². The van der Waals surface area contributed by atoms with Gasteiger partial charge in [-0.15, -0.1) is 0 Å². The molecule has 0 spiro atoms. The molecule has 3 aromatic rings. The number of rotatable bonds is 13. The molecule has 13 nitrogen and oxygen atoms in total. The quantitative estimate of drug-likeness (QED) is 0.220. The van der Waals surface area contributed by atoms with E-state index in [1.54, 1.807) is 60.0 Å². The highest BCUT2D eigenvalue weighted by Crippen LogP contribution is 2.21. The average molecular weight is 609 g/mol. The number of nitrogens with zero attached hydrogens (tertiary/aromatic N) is 4. The molecule has 0 aromatic carbocycles. The lowest BCUT2D eigenvalue weighted by molar-refractivity contribution is -0.114. The van der Waals surface area contributed by atoms with Gasteiger partial charge in [-0.1, -0.05) is 13.8 Å². The standard InChI is InChI=1S/C31H44N8O5/c1-21(2)7-10-39-20-25(35-30(42)27-15-23(18-37(27)5)33-22(3)40)17-28(39)31(43)34-24-16-26(36(4)19-24)29(41)32-8-6-9-38-11-13-44-14-12-38/h15-21H,6-14H2,1-5H3,(H,32,41)(H,33,40)(H,34,43)(H,35,42). The van der Waals surface area contributed by atoms with Crippen LogP contribution in [-0.2, 0) is 30.2 Å². The molecule has 0 bridgehead atoms. The molecule has 238 valence electrons. The van der Waals surface area contributed by atoms with Crippen molar-refractivity contribution >= 4 is 40.7 Å². The number of amides is 4. The normalized spacial score (nSPS) is 13.6. The molecular weight excluding hydrogens is 564 g/mol. The SMILES string of the molecule is CC(=O)Nc1cc(C(=O)Nc2cc(C(=O)Nc3cc(C(=O)NCCCN4CCOCC4)n(C)c3)n(CCC(C)C)c2)n(C)c1. The molecule has 3 aromatic heterocycles. The molecule has 0 atom stereocenters. The first-order valence-electron chi connectivity index (χ1n) is 15.0. The molecule has 44 heavy (non-hydrogen) atoms. The first-order chi connectivity index (χ1) is 21.0. The van der Waals surface area contributed by atoms with Crippen molar-refractivity contribution in [3.8, 4) is 0 Å². The van der Waals surface area contributed by atoms with Crippen molar-refractivity contribution in [2.75, 3.05) is 55.3 Å². The summed E-state index contributed by atoms with van der Waals surface area (Å²) >= 11 is 0. The highest BCUT2D eigenvalue weighted by molar-refractivity contribution is 6.07. The molecule has 1 aliphatic rings. The van der Waals surface area contributed by atoms with Gasteiger partial charge in [-0.3, -0.25) is 24.1 Å². The van der Waals surface area contributed by atoms with Crippen molar-refractivity contribution in [3.05, 3.63) is 53.9 Å². The zero-order valence-electron chi connectivity index (χ0n) is 26.2. The number of carbonyl (C=O) groups excluding carboxylic acids is 4. The molecule has 1 aliphatic heterocycles. The predicted octanol–water partition coefficient (Wildman–Crippen LogP) is 3.13. The molecule has 1 fully saturated rings. The summed E-state index contributed by atoms with van der Waals surface area (Å²) in [5.41, 5.74) is 2.65. The Labute approximate surface area is 257 Å². The maximum Gasteiger partial charge on any atom is 0.272 e. The number of ether oxygens (including phenoxy) is 1. The Morgan fingerprint density at radius 1 is 0.773 bits per heavy atom. The highest BCUT2D eigenvalue weighted by atomic mass is 16.5. The summed E-state index contributed by atoms with van der Waals surface area (Å²) in [5, 5.41) is 11.4. The van der Waals surface area contributed by atoms with Gasteiger partial charge in [0.1, 0.15) is 17.1 Å². The Morgan fingerprint density at radius 3 is 1.93 bits per heavy atom. The highest BCUT2D eigenvalue weighted by Gasteiger charge is 2.20. The minimum Gasteiger partial charge on any atom is -0.379 e. The lowest BCUT2D eigenvalue weighted by atomic mass is 10.1. The predicted molar refractivity (Wildman–Crippen MR) is 169 cm³/mol. The average Bonchev–Trinajstić information content (AvgIpc) is 3.66. The minimum absolute atomic E-state index is 0.206. The zero-order chi connectivity index (χ0) is 31.8. The van der Waals surface area contributed by atoms with Crippen LogP contribution < -0.4 is 21.3 Å². The summed E-state index contributed by atoms with van der Waals surface area (Å²) in [4.78, 5) is 53.1. The van der Waals surface area contributed by atoms with Gasteiger partial charge in [0.25, 0.3) is 17.7 Å². The molecule has 4 amide bonds. The van der Waals surface area contributed by atoms with E-state index in [1.807, 2.05) is 4.57 Å². The molecule has 1 saturated heterocycles. The van der Waals surface area contributed by atoms with E-state index < -0.39 is 0 Å². The largest absolute Gasteiger partial charge is 0.379 e. The van der Waals surface area contributed by atoms with E-state index in [0.29, 0.717) is 53.2 Å². The van der Waals surface area contributed by atoms with Crippen LogP contribution in [-0.4, -0.2) is 81.6 Å². The van der Waals surface area contributed by atoms with Crippen LogP contribution in [0.2, 0.25) is 0 Å². The molecular formula is C31H44N8O5. The molecule has 13 heteroatoms. The van der Waals surface area contributed by atoms with Crippen molar-refractivity contribution in [1.29, 1.82) is 0 Å². The molecule has 0 radical (unpaired) electrons. The summed E-state index contributed by atoms with van der Waals surface area (Å²) in [6, 6.07) is 4.88. The van der Waals surface area contributed by atoms with Crippen molar-refractivity contribution in [2.24, 2.45) is 20.0 Å². The van der Waals surface area contributed by atoms with Crippen LogP contribution in [0.4, 0.5) is 17.1 Å². The van der Waals surface area contributed by atoms with Gasteiger partial charge < -0.3 is 39.7 Å². The topological polar surface area (TPSA) is 144 Å². The van der Waals surface area contributed by atoms with Crippen molar-refractivity contribution in [3.63, 3.8) is 0 Å². The van der Waals surface area contributed by atoms with E-state index in [4.69, 9.17) is 4.74 Å². The number of anilines is 3. The Morgan fingerprint density at radius 2 is 1.32 bits per heavy atom. The van der Waals surface area contributed by atoms with Crippen LogP contribution in [0.1, 0.15) is 65.1 Å². The molecule has 0 unspecified atom stereocenters.